The van der Waals surface area contributed by atoms with E-state index in [-0.39, 0.29) is 13.2 Å². The number of benzene rings is 1. The number of hydrogen-bond donors (Lipinski definition) is 7. The average Bonchev–Trinajstić information content (AvgIpc) is 2.48. The highest BCUT2D eigenvalue weighted by molar-refractivity contribution is 7.80. The van der Waals surface area contributed by atoms with Crippen LogP contribution in [-0.2, 0) is 12.8 Å². The fraction of sp³-hybridized carbons (Fsp3) is 0.571. The SMILES string of the molecule is Nc1cc(CCC(O)CO)c(N)c(S)c1CCC(O)CO. The van der Waals surface area contributed by atoms with Crippen LogP contribution in [0, 0.1) is 0 Å². The Morgan fingerprint density at radius 1 is 1.00 bits per heavy atom. The maximum absolute atomic E-state index is 9.40. The highest BCUT2D eigenvalue weighted by Crippen LogP contribution is 2.32. The van der Waals surface area contributed by atoms with Gasteiger partial charge in [0.1, 0.15) is 0 Å². The van der Waals surface area contributed by atoms with Gasteiger partial charge < -0.3 is 31.9 Å². The van der Waals surface area contributed by atoms with Crippen LogP contribution in [0.4, 0.5) is 11.4 Å². The molecule has 0 bridgehead atoms. The molecule has 1 aromatic rings. The number of aliphatic hydroxyl groups is 4. The summed E-state index contributed by atoms with van der Waals surface area (Å²) >= 11 is 4.39. The third-order valence-corrected chi connectivity index (χ3v) is 3.97. The summed E-state index contributed by atoms with van der Waals surface area (Å²) in [6, 6.07) is 1.74. The molecule has 0 spiro atoms. The summed E-state index contributed by atoms with van der Waals surface area (Å²) in [6.45, 7) is -0.589. The van der Waals surface area contributed by atoms with Gasteiger partial charge in [-0.3, -0.25) is 0 Å². The van der Waals surface area contributed by atoms with Crippen molar-refractivity contribution in [2.24, 2.45) is 0 Å². The third kappa shape index (κ3) is 5.05. The van der Waals surface area contributed by atoms with Crippen molar-refractivity contribution in [3.05, 3.63) is 17.2 Å². The van der Waals surface area contributed by atoms with Crippen LogP contribution in [0.25, 0.3) is 0 Å². The van der Waals surface area contributed by atoms with Crippen LogP contribution in [0.3, 0.4) is 0 Å². The summed E-state index contributed by atoms with van der Waals surface area (Å²) < 4.78 is 0. The standard InChI is InChI=1S/C14H24N2O4S/c15-12-5-8(1-2-9(19)6-17)13(16)14(21)11(12)4-3-10(20)7-18/h5,9-10,17-21H,1-4,6-7,15-16H2. The minimum atomic E-state index is -0.794. The summed E-state index contributed by atoms with van der Waals surface area (Å²) in [6.07, 6.45) is 0.138. The minimum absolute atomic E-state index is 0.291. The van der Waals surface area contributed by atoms with E-state index in [0.29, 0.717) is 42.0 Å². The van der Waals surface area contributed by atoms with E-state index in [9.17, 15) is 10.2 Å². The zero-order valence-electron chi connectivity index (χ0n) is 11.9. The second kappa shape index (κ2) is 8.45. The molecule has 1 aromatic carbocycles. The number of nitrogens with two attached hydrogens (primary N) is 2. The number of hydrogen-bond acceptors (Lipinski definition) is 7. The Bertz CT molecular complexity index is 471. The molecule has 1 rings (SSSR count). The fourth-order valence-electron chi connectivity index (χ4n) is 2.09. The number of nitrogen functional groups attached to an aromatic ring is 2. The van der Waals surface area contributed by atoms with Gasteiger partial charge >= 0.3 is 0 Å². The molecule has 0 radical (unpaired) electrons. The molecule has 0 heterocycles. The van der Waals surface area contributed by atoms with Gasteiger partial charge in [0, 0.05) is 16.3 Å². The van der Waals surface area contributed by atoms with E-state index in [2.05, 4.69) is 12.6 Å². The summed E-state index contributed by atoms with van der Waals surface area (Å²) in [5.41, 5.74) is 14.6. The van der Waals surface area contributed by atoms with Crippen molar-refractivity contribution in [1.29, 1.82) is 0 Å². The van der Waals surface area contributed by atoms with Crippen molar-refractivity contribution in [1.82, 2.24) is 0 Å². The van der Waals surface area contributed by atoms with Crippen molar-refractivity contribution >= 4 is 24.0 Å². The zero-order chi connectivity index (χ0) is 16.0. The van der Waals surface area contributed by atoms with E-state index in [1.807, 2.05) is 0 Å². The smallest absolute Gasteiger partial charge is 0.0774 e. The molecule has 0 aliphatic heterocycles. The molecule has 120 valence electrons. The van der Waals surface area contributed by atoms with Crippen LogP contribution in [0.1, 0.15) is 24.0 Å². The van der Waals surface area contributed by atoms with Crippen LogP contribution in [0.2, 0.25) is 0 Å². The van der Waals surface area contributed by atoms with E-state index in [4.69, 9.17) is 21.7 Å². The molecule has 0 aromatic heterocycles. The number of aryl methyl sites for hydroxylation is 1. The molecule has 0 saturated heterocycles. The van der Waals surface area contributed by atoms with Gasteiger partial charge in [0.25, 0.3) is 0 Å². The van der Waals surface area contributed by atoms with Crippen LogP contribution in [-0.4, -0.2) is 45.8 Å². The minimum Gasteiger partial charge on any atom is -0.398 e. The first-order valence-corrected chi connectivity index (χ1v) is 7.31. The predicted octanol–water partition coefficient (Wildman–Crippen LogP) is -0.289. The van der Waals surface area contributed by atoms with Crippen LogP contribution in [0.15, 0.2) is 11.0 Å². The Morgan fingerprint density at radius 2 is 1.52 bits per heavy atom. The Morgan fingerprint density at radius 3 is 2.05 bits per heavy atom. The molecule has 7 heteroatoms. The monoisotopic (exact) mass is 316 g/mol. The predicted molar refractivity (Wildman–Crippen MR) is 85.3 cm³/mol. The molecule has 8 N–H and O–H groups in total. The molecule has 2 atom stereocenters. The molecule has 2 unspecified atom stereocenters. The van der Waals surface area contributed by atoms with Gasteiger partial charge in [-0.1, -0.05) is 0 Å². The lowest BCUT2D eigenvalue weighted by Crippen LogP contribution is -2.15. The third-order valence-electron chi connectivity index (χ3n) is 3.46. The lowest BCUT2D eigenvalue weighted by atomic mass is 9.98. The van der Waals surface area contributed by atoms with Gasteiger partial charge in [0.2, 0.25) is 0 Å². The number of anilines is 2. The molecule has 0 fully saturated rings. The average molecular weight is 316 g/mol. The maximum Gasteiger partial charge on any atom is 0.0774 e. The Labute approximate surface area is 129 Å². The largest absolute Gasteiger partial charge is 0.398 e. The van der Waals surface area contributed by atoms with Crippen molar-refractivity contribution in [3.63, 3.8) is 0 Å². The van der Waals surface area contributed by atoms with E-state index < -0.39 is 12.2 Å². The Hall–Kier alpha value is -0.990. The van der Waals surface area contributed by atoms with Gasteiger partial charge in [-0.25, -0.2) is 0 Å². The topological polar surface area (TPSA) is 133 Å². The zero-order valence-corrected chi connectivity index (χ0v) is 12.8. The quantitative estimate of drug-likeness (QED) is 0.260. The molecule has 0 saturated carbocycles. The van der Waals surface area contributed by atoms with Crippen molar-refractivity contribution in [2.45, 2.75) is 42.8 Å². The molecular weight excluding hydrogens is 292 g/mol. The Balaban J connectivity index is 2.87. The van der Waals surface area contributed by atoms with E-state index >= 15 is 0 Å². The van der Waals surface area contributed by atoms with Gasteiger partial charge in [0.15, 0.2) is 0 Å². The first-order chi connectivity index (χ1) is 9.90. The molecule has 0 aliphatic rings. The van der Waals surface area contributed by atoms with Crippen molar-refractivity contribution < 1.29 is 20.4 Å². The first kappa shape index (κ1) is 18.1. The summed E-state index contributed by atoms with van der Waals surface area (Å²) in [4.78, 5) is 0.564. The number of rotatable bonds is 8. The second-order valence-electron chi connectivity index (χ2n) is 5.12. The van der Waals surface area contributed by atoms with Crippen molar-refractivity contribution in [3.8, 4) is 0 Å². The van der Waals surface area contributed by atoms with Crippen LogP contribution >= 0.6 is 12.6 Å². The number of thiol groups is 1. The van der Waals surface area contributed by atoms with Gasteiger partial charge in [0.05, 0.1) is 25.4 Å². The normalized spacial score (nSPS) is 14.1. The summed E-state index contributed by atoms with van der Waals surface area (Å²) in [5, 5.41) is 36.4. The van der Waals surface area contributed by atoms with Crippen molar-refractivity contribution in [2.75, 3.05) is 24.7 Å². The first-order valence-electron chi connectivity index (χ1n) is 6.87. The van der Waals surface area contributed by atoms with E-state index in [1.165, 1.54) is 0 Å². The second-order valence-corrected chi connectivity index (χ2v) is 5.56. The molecule has 21 heavy (non-hydrogen) atoms. The lowest BCUT2D eigenvalue weighted by Gasteiger charge is -2.17. The van der Waals surface area contributed by atoms with E-state index in [0.717, 1.165) is 11.1 Å². The number of aliphatic hydroxyl groups excluding tert-OH is 4. The van der Waals surface area contributed by atoms with Gasteiger partial charge in [-0.05, 0) is 42.9 Å². The van der Waals surface area contributed by atoms with Gasteiger partial charge in [-0.2, -0.15) is 0 Å². The van der Waals surface area contributed by atoms with Crippen LogP contribution in [0.5, 0.6) is 0 Å². The Kier molecular flexibility index (Phi) is 7.27. The summed E-state index contributed by atoms with van der Waals surface area (Å²) in [5.74, 6) is 0. The fourth-order valence-corrected chi connectivity index (χ4v) is 2.47. The molecule has 6 nitrogen and oxygen atoms in total. The maximum atomic E-state index is 9.40. The molecular formula is C14H24N2O4S. The lowest BCUT2D eigenvalue weighted by molar-refractivity contribution is 0.0883. The highest BCUT2D eigenvalue weighted by atomic mass is 32.1. The summed E-state index contributed by atoms with van der Waals surface area (Å²) in [7, 11) is 0. The molecule has 0 amide bonds. The van der Waals surface area contributed by atoms with E-state index in [1.54, 1.807) is 6.07 Å². The van der Waals surface area contributed by atoms with Gasteiger partial charge in [-0.15, -0.1) is 12.6 Å². The molecule has 0 aliphatic carbocycles. The van der Waals surface area contributed by atoms with Crippen LogP contribution < -0.4 is 11.5 Å². The highest BCUT2D eigenvalue weighted by Gasteiger charge is 2.14.